The topological polar surface area (TPSA) is 12.0 Å². The third-order valence-corrected chi connectivity index (χ3v) is 5.37. The summed E-state index contributed by atoms with van der Waals surface area (Å²) >= 11 is 2.14. The van der Waals surface area contributed by atoms with Crippen molar-refractivity contribution >= 4 is 11.8 Å². The molecule has 1 aromatic carbocycles. The summed E-state index contributed by atoms with van der Waals surface area (Å²) < 4.78 is 0. The minimum atomic E-state index is 0.707. The highest BCUT2D eigenvalue weighted by atomic mass is 32.2. The van der Waals surface area contributed by atoms with Crippen LogP contribution in [-0.4, -0.2) is 18.3 Å². The summed E-state index contributed by atoms with van der Waals surface area (Å²) in [6.45, 7) is 0. The summed E-state index contributed by atoms with van der Waals surface area (Å²) in [4.78, 5) is 0. The highest BCUT2D eigenvalue weighted by molar-refractivity contribution is 7.99. The predicted octanol–water partition coefficient (Wildman–Crippen LogP) is 4.23. The second-order valence-electron chi connectivity index (χ2n) is 5.22. The van der Waals surface area contributed by atoms with E-state index in [0.29, 0.717) is 6.04 Å². The summed E-state index contributed by atoms with van der Waals surface area (Å²) in [5.41, 5.74) is 1.46. The molecular weight excluding hydrogens is 238 g/mol. The van der Waals surface area contributed by atoms with E-state index >= 15 is 0 Å². The van der Waals surface area contributed by atoms with Crippen LogP contribution < -0.4 is 5.32 Å². The lowest BCUT2D eigenvalue weighted by atomic mass is 9.96. The molecule has 1 aliphatic carbocycles. The van der Waals surface area contributed by atoms with Gasteiger partial charge in [-0.25, -0.2) is 0 Å². The van der Waals surface area contributed by atoms with Crippen LogP contribution in [-0.2, 0) is 5.75 Å². The zero-order chi connectivity index (χ0) is 12.6. The van der Waals surface area contributed by atoms with Crippen molar-refractivity contribution < 1.29 is 0 Å². The molecule has 1 aliphatic rings. The fourth-order valence-corrected chi connectivity index (χ4v) is 4.19. The molecule has 2 unspecified atom stereocenters. The van der Waals surface area contributed by atoms with Crippen LogP contribution in [0.4, 0.5) is 0 Å². The van der Waals surface area contributed by atoms with Gasteiger partial charge in [-0.1, -0.05) is 56.0 Å². The van der Waals surface area contributed by atoms with E-state index in [-0.39, 0.29) is 0 Å². The maximum absolute atomic E-state index is 3.54. The maximum atomic E-state index is 3.54. The standard InChI is InChI=1S/C16H25NS/c1-17-15-11-7-2-3-8-12-16(15)18-13-14-9-5-4-6-10-14/h4-6,9-10,15-17H,2-3,7-8,11-13H2,1H3. The van der Waals surface area contributed by atoms with Gasteiger partial charge in [0, 0.05) is 17.0 Å². The molecule has 0 aliphatic heterocycles. The molecule has 100 valence electrons. The number of thioether (sulfide) groups is 1. The van der Waals surface area contributed by atoms with E-state index in [4.69, 9.17) is 0 Å². The van der Waals surface area contributed by atoms with Gasteiger partial charge in [0.25, 0.3) is 0 Å². The molecule has 0 radical (unpaired) electrons. The average Bonchev–Trinajstić information content (AvgIpc) is 2.39. The van der Waals surface area contributed by atoms with E-state index in [1.54, 1.807) is 0 Å². The first kappa shape index (κ1) is 14.0. The molecule has 0 bridgehead atoms. The Hall–Kier alpha value is -0.470. The normalized spacial score (nSPS) is 25.4. The number of hydrogen-bond donors (Lipinski definition) is 1. The van der Waals surface area contributed by atoms with E-state index in [2.05, 4.69) is 54.5 Å². The predicted molar refractivity (Wildman–Crippen MR) is 82.1 cm³/mol. The van der Waals surface area contributed by atoms with Crippen molar-refractivity contribution in [1.82, 2.24) is 5.32 Å². The third kappa shape index (κ3) is 4.33. The molecular formula is C16H25NS. The Morgan fingerprint density at radius 1 is 1.06 bits per heavy atom. The van der Waals surface area contributed by atoms with Crippen LogP contribution in [0.5, 0.6) is 0 Å². The Morgan fingerprint density at radius 3 is 2.50 bits per heavy atom. The lowest BCUT2D eigenvalue weighted by molar-refractivity contribution is 0.420. The monoisotopic (exact) mass is 263 g/mol. The van der Waals surface area contributed by atoms with Gasteiger partial charge in [-0.2, -0.15) is 11.8 Å². The summed E-state index contributed by atoms with van der Waals surface area (Å²) in [5.74, 6) is 1.16. The minimum Gasteiger partial charge on any atom is -0.316 e. The van der Waals surface area contributed by atoms with Crippen LogP contribution in [0.3, 0.4) is 0 Å². The largest absolute Gasteiger partial charge is 0.316 e. The van der Waals surface area contributed by atoms with Gasteiger partial charge in [0.05, 0.1) is 0 Å². The van der Waals surface area contributed by atoms with E-state index in [1.807, 2.05) is 0 Å². The number of nitrogens with one attached hydrogen (secondary N) is 1. The zero-order valence-corrected chi connectivity index (χ0v) is 12.2. The van der Waals surface area contributed by atoms with E-state index in [0.717, 1.165) is 11.0 Å². The average molecular weight is 263 g/mol. The van der Waals surface area contributed by atoms with Gasteiger partial charge < -0.3 is 5.32 Å². The van der Waals surface area contributed by atoms with Crippen LogP contribution in [0.25, 0.3) is 0 Å². The molecule has 1 aromatic rings. The zero-order valence-electron chi connectivity index (χ0n) is 11.4. The molecule has 18 heavy (non-hydrogen) atoms. The van der Waals surface area contributed by atoms with Crippen LogP contribution >= 0.6 is 11.8 Å². The fourth-order valence-electron chi connectivity index (χ4n) is 2.76. The van der Waals surface area contributed by atoms with Crippen LogP contribution in [0.15, 0.2) is 30.3 Å². The molecule has 2 rings (SSSR count). The first-order valence-corrected chi connectivity index (χ1v) is 8.28. The second-order valence-corrected chi connectivity index (χ2v) is 6.45. The minimum absolute atomic E-state index is 0.707. The van der Waals surface area contributed by atoms with Crippen molar-refractivity contribution in [1.29, 1.82) is 0 Å². The maximum Gasteiger partial charge on any atom is 0.0204 e. The molecule has 1 nitrogen and oxygen atoms in total. The molecule has 1 fully saturated rings. The van der Waals surface area contributed by atoms with Crippen LogP contribution in [0, 0.1) is 0 Å². The Morgan fingerprint density at radius 2 is 1.78 bits per heavy atom. The van der Waals surface area contributed by atoms with Gasteiger partial charge in [0.2, 0.25) is 0 Å². The molecule has 1 N–H and O–H groups in total. The summed E-state index contributed by atoms with van der Waals surface area (Å²) in [7, 11) is 2.13. The van der Waals surface area contributed by atoms with Crippen molar-refractivity contribution in [3.05, 3.63) is 35.9 Å². The van der Waals surface area contributed by atoms with Crippen molar-refractivity contribution in [3.63, 3.8) is 0 Å². The highest BCUT2D eigenvalue weighted by Gasteiger charge is 2.21. The van der Waals surface area contributed by atoms with Gasteiger partial charge >= 0.3 is 0 Å². The smallest absolute Gasteiger partial charge is 0.0204 e. The van der Waals surface area contributed by atoms with Gasteiger partial charge in [-0.05, 0) is 25.5 Å². The van der Waals surface area contributed by atoms with Gasteiger partial charge in [0.15, 0.2) is 0 Å². The van der Waals surface area contributed by atoms with Crippen molar-refractivity contribution in [2.75, 3.05) is 7.05 Å². The molecule has 0 amide bonds. The van der Waals surface area contributed by atoms with E-state index in [1.165, 1.54) is 44.1 Å². The lowest BCUT2D eigenvalue weighted by Gasteiger charge is -2.28. The Bertz CT molecular complexity index is 325. The molecule has 0 saturated heterocycles. The van der Waals surface area contributed by atoms with Gasteiger partial charge in [-0.3, -0.25) is 0 Å². The number of rotatable bonds is 4. The summed E-state index contributed by atoms with van der Waals surface area (Å²) in [6.07, 6.45) is 8.39. The van der Waals surface area contributed by atoms with Crippen LogP contribution in [0.2, 0.25) is 0 Å². The van der Waals surface area contributed by atoms with Gasteiger partial charge in [0.1, 0.15) is 0 Å². The molecule has 2 heteroatoms. The third-order valence-electron chi connectivity index (χ3n) is 3.88. The highest BCUT2D eigenvalue weighted by Crippen LogP contribution is 2.29. The second kappa shape index (κ2) is 7.85. The van der Waals surface area contributed by atoms with Crippen molar-refractivity contribution in [2.24, 2.45) is 0 Å². The lowest BCUT2D eigenvalue weighted by Crippen LogP contribution is -2.36. The number of hydrogen-bond acceptors (Lipinski definition) is 2. The van der Waals surface area contributed by atoms with Crippen molar-refractivity contribution in [3.8, 4) is 0 Å². The first-order chi connectivity index (χ1) is 8.90. The molecule has 0 heterocycles. The molecule has 2 atom stereocenters. The van der Waals surface area contributed by atoms with Crippen molar-refractivity contribution in [2.45, 2.75) is 55.6 Å². The quantitative estimate of drug-likeness (QED) is 0.872. The van der Waals surface area contributed by atoms with Gasteiger partial charge in [-0.15, -0.1) is 0 Å². The number of benzene rings is 1. The molecule has 0 spiro atoms. The molecule has 1 saturated carbocycles. The summed E-state index contributed by atoms with van der Waals surface area (Å²) in [6, 6.07) is 11.6. The Kier molecular flexibility index (Phi) is 6.09. The Balaban J connectivity index is 1.87. The summed E-state index contributed by atoms with van der Waals surface area (Å²) in [5, 5.41) is 4.32. The van der Waals surface area contributed by atoms with Crippen LogP contribution in [0.1, 0.15) is 44.1 Å². The van der Waals surface area contributed by atoms with E-state index in [9.17, 15) is 0 Å². The first-order valence-electron chi connectivity index (χ1n) is 7.23. The SMILES string of the molecule is CNC1CCCCCCC1SCc1ccccc1. The molecule has 0 aromatic heterocycles. The Labute approximate surface area is 116 Å². The fraction of sp³-hybridized carbons (Fsp3) is 0.625. The van der Waals surface area contributed by atoms with E-state index < -0.39 is 0 Å².